The second kappa shape index (κ2) is 6.86. The van der Waals surface area contributed by atoms with Gasteiger partial charge in [0.1, 0.15) is 0 Å². The van der Waals surface area contributed by atoms with Crippen molar-refractivity contribution in [2.45, 2.75) is 19.9 Å². The third-order valence-corrected chi connectivity index (χ3v) is 2.76. The highest BCUT2D eigenvalue weighted by molar-refractivity contribution is 5.79. The number of hydrogen-bond acceptors (Lipinski definition) is 2. The second-order valence-electron chi connectivity index (χ2n) is 3.87. The maximum atomic E-state index is 12.0. The van der Waals surface area contributed by atoms with Crippen LogP contribution in [0.1, 0.15) is 18.1 Å². The molecular weight excluding hydrogens is 212 g/mol. The minimum atomic E-state index is 0.119. The first-order valence-electron chi connectivity index (χ1n) is 5.88. The molecule has 1 amide bonds. The Morgan fingerprint density at radius 1 is 1.41 bits per heavy atom. The molecule has 0 bridgehead atoms. The fourth-order valence-corrected chi connectivity index (χ4v) is 1.77. The van der Waals surface area contributed by atoms with E-state index in [2.05, 4.69) is 6.58 Å². The zero-order valence-electron chi connectivity index (χ0n) is 10.4. The summed E-state index contributed by atoms with van der Waals surface area (Å²) in [6.45, 7) is 7.40. The molecule has 92 valence electrons. The van der Waals surface area contributed by atoms with Crippen LogP contribution >= 0.6 is 0 Å². The number of hydrogen-bond donors (Lipinski definition) is 1. The van der Waals surface area contributed by atoms with Crippen LogP contribution in [0, 0.1) is 0 Å². The minimum absolute atomic E-state index is 0.119. The highest BCUT2D eigenvalue weighted by atomic mass is 16.2. The average molecular weight is 232 g/mol. The van der Waals surface area contributed by atoms with Gasteiger partial charge in [-0.2, -0.15) is 0 Å². The van der Waals surface area contributed by atoms with Crippen LogP contribution in [0.25, 0.3) is 0 Å². The molecule has 0 aliphatic heterocycles. The molecule has 0 spiro atoms. The number of rotatable bonds is 6. The molecule has 0 unspecified atom stereocenters. The standard InChI is InChI=1S/C14H20N2O/c1-3-9-16(4-2)14(17)10-12-7-5-6-8-13(12)11-15/h3,5-8H,1,4,9-11,15H2,2H3. The predicted molar refractivity (Wildman–Crippen MR) is 70.5 cm³/mol. The molecule has 0 saturated heterocycles. The summed E-state index contributed by atoms with van der Waals surface area (Å²) in [4.78, 5) is 13.8. The van der Waals surface area contributed by atoms with Gasteiger partial charge in [-0.05, 0) is 18.1 Å². The quantitative estimate of drug-likeness (QED) is 0.759. The fourth-order valence-electron chi connectivity index (χ4n) is 1.77. The lowest BCUT2D eigenvalue weighted by Crippen LogP contribution is -2.32. The molecule has 0 aromatic heterocycles. The molecule has 0 radical (unpaired) electrons. The van der Waals surface area contributed by atoms with Crippen LogP contribution in [-0.4, -0.2) is 23.9 Å². The fraction of sp³-hybridized carbons (Fsp3) is 0.357. The van der Waals surface area contributed by atoms with Gasteiger partial charge in [0.2, 0.25) is 5.91 Å². The molecule has 1 rings (SSSR count). The van der Waals surface area contributed by atoms with Crippen LogP contribution in [0.3, 0.4) is 0 Å². The monoisotopic (exact) mass is 232 g/mol. The van der Waals surface area contributed by atoms with Gasteiger partial charge in [-0.3, -0.25) is 4.79 Å². The zero-order valence-corrected chi connectivity index (χ0v) is 10.4. The van der Waals surface area contributed by atoms with Gasteiger partial charge >= 0.3 is 0 Å². The third kappa shape index (κ3) is 3.71. The average Bonchev–Trinajstić information content (AvgIpc) is 2.36. The summed E-state index contributed by atoms with van der Waals surface area (Å²) < 4.78 is 0. The van der Waals surface area contributed by atoms with E-state index in [1.165, 1.54) is 0 Å². The van der Waals surface area contributed by atoms with Gasteiger partial charge in [0.05, 0.1) is 6.42 Å². The number of nitrogens with two attached hydrogens (primary N) is 1. The van der Waals surface area contributed by atoms with Crippen molar-refractivity contribution in [3.05, 3.63) is 48.0 Å². The van der Waals surface area contributed by atoms with Gasteiger partial charge < -0.3 is 10.6 Å². The van der Waals surface area contributed by atoms with Gasteiger partial charge in [-0.25, -0.2) is 0 Å². The van der Waals surface area contributed by atoms with Crippen molar-refractivity contribution in [2.75, 3.05) is 13.1 Å². The summed E-state index contributed by atoms with van der Waals surface area (Å²) in [7, 11) is 0. The molecule has 2 N–H and O–H groups in total. The Labute approximate surface area is 103 Å². The van der Waals surface area contributed by atoms with Crippen LogP contribution < -0.4 is 5.73 Å². The Kier molecular flexibility index (Phi) is 5.43. The van der Waals surface area contributed by atoms with Crippen molar-refractivity contribution in [3.8, 4) is 0 Å². The maximum absolute atomic E-state index is 12.0. The maximum Gasteiger partial charge on any atom is 0.227 e. The van der Waals surface area contributed by atoms with E-state index in [-0.39, 0.29) is 5.91 Å². The molecule has 17 heavy (non-hydrogen) atoms. The predicted octanol–water partition coefficient (Wildman–Crippen LogP) is 1.72. The first-order valence-corrected chi connectivity index (χ1v) is 5.88. The lowest BCUT2D eigenvalue weighted by molar-refractivity contribution is -0.129. The third-order valence-electron chi connectivity index (χ3n) is 2.76. The molecule has 3 nitrogen and oxygen atoms in total. The normalized spacial score (nSPS) is 10.0. The number of nitrogens with zero attached hydrogens (tertiary/aromatic N) is 1. The van der Waals surface area contributed by atoms with Gasteiger partial charge in [-0.15, -0.1) is 6.58 Å². The van der Waals surface area contributed by atoms with E-state index in [0.717, 1.165) is 11.1 Å². The summed E-state index contributed by atoms with van der Waals surface area (Å²) in [6.07, 6.45) is 2.16. The summed E-state index contributed by atoms with van der Waals surface area (Å²) in [5.74, 6) is 0.119. The van der Waals surface area contributed by atoms with E-state index < -0.39 is 0 Å². The molecule has 1 aromatic rings. The van der Waals surface area contributed by atoms with E-state index in [9.17, 15) is 4.79 Å². The number of carbonyl (C=O) groups is 1. The smallest absolute Gasteiger partial charge is 0.227 e. The lowest BCUT2D eigenvalue weighted by atomic mass is 10.0. The van der Waals surface area contributed by atoms with Crippen molar-refractivity contribution < 1.29 is 4.79 Å². The van der Waals surface area contributed by atoms with E-state index >= 15 is 0 Å². The van der Waals surface area contributed by atoms with Crippen molar-refractivity contribution in [2.24, 2.45) is 5.73 Å². The Bertz CT molecular complexity index is 388. The summed E-state index contributed by atoms with van der Waals surface area (Å²) in [5.41, 5.74) is 7.71. The Balaban J connectivity index is 2.75. The topological polar surface area (TPSA) is 46.3 Å². The highest BCUT2D eigenvalue weighted by Gasteiger charge is 2.12. The minimum Gasteiger partial charge on any atom is -0.339 e. The number of likely N-dealkylation sites (N-methyl/N-ethyl adjacent to an activating group) is 1. The molecule has 0 atom stereocenters. The van der Waals surface area contributed by atoms with Crippen LogP contribution in [0.15, 0.2) is 36.9 Å². The van der Waals surface area contributed by atoms with E-state index in [1.54, 1.807) is 11.0 Å². The molecular formula is C14H20N2O. The number of amides is 1. The van der Waals surface area contributed by atoms with Gasteiger partial charge in [0.25, 0.3) is 0 Å². The number of carbonyl (C=O) groups excluding carboxylic acids is 1. The van der Waals surface area contributed by atoms with Crippen LogP contribution in [0.5, 0.6) is 0 Å². The molecule has 1 aromatic carbocycles. The molecule has 0 aliphatic rings. The van der Waals surface area contributed by atoms with Crippen LogP contribution in [0.2, 0.25) is 0 Å². The summed E-state index contributed by atoms with van der Waals surface area (Å²) in [6, 6.07) is 7.80. The Morgan fingerprint density at radius 2 is 2.06 bits per heavy atom. The van der Waals surface area contributed by atoms with Gasteiger partial charge in [-0.1, -0.05) is 30.3 Å². The largest absolute Gasteiger partial charge is 0.339 e. The molecule has 0 aliphatic carbocycles. The summed E-state index contributed by atoms with van der Waals surface area (Å²) >= 11 is 0. The zero-order chi connectivity index (χ0) is 12.7. The van der Waals surface area contributed by atoms with Crippen molar-refractivity contribution >= 4 is 5.91 Å². The second-order valence-corrected chi connectivity index (χ2v) is 3.87. The van der Waals surface area contributed by atoms with Crippen molar-refractivity contribution in [1.82, 2.24) is 4.90 Å². The molecule has 0 fully saturated rings. The number of benzene rings is 1. The van der Waals surface area contributed by atoms with Crippen molar-refractivity contribution in [1.29, 1.82) is 0 Å². The Morgan fingerprint density at radius 3 is 2.59 bits per heavy atom. The van der Waals surface area contributed by atoms with Crippen LogP contribution in [-0.2, 0) is 17.8 Å². The van der Waals surface area contributed by atoms with Crippen LogP contribution in [0.4, 0.5) is 0 Å². The van der Waals surface area contributed by atoms with Crippen molar-refractivity contribution in [3.63, 3.8) is 0 Å². The molecule has 0 saturated carbocycles. The molecule has 0 heterocycles. The van der Waals surface area contributed by atoms with E-state index in [0.29, 0.717) is 26.1 Å². The summed E-state index contributed by atoms with van der Waals surface area (Å²) in [5, 5.41) is 0. The first-order chi connectivity index (χ1) is 8.22. The molecule has 3 heteroatoms. The first kappa shape index (κ1) is 13.5. The Hall–Kier alpha value is -1.61. The SMILES string of the molecule is C=CCN(CC)C(=O)Cc1ccccc1CN. The van der Waals surface area contributed by atoms with E-state index in [1.807, 2.05) is 31.2 Å². The van der Waals surface area contributed by atoms with Gasteiger partial charge in [0.15, 0.2) is 0 Å². The van der Waals surface area contributed by atoms with E-state index in [4.69, 9.17) is 5.73 Å². The van der Waals surface area contributed by atoms with Gasteiger partial charge in [0, 0.05) is 19.6 Å². The highest BCUT2D eigenvalue weighted by Crippen LogP contribution is 2.10. The lowest BCUT2D eigenvalue weighted by Gasteiger charge is -2.19.